The van der Waals surface area contributed by atoms with E-state index >= 15 is 0 Å². The van der Waals surface area contributed by atoms with Gasteiger partial charge in [-0.1, -0.05) is 19.3 Å². The smallest absolute Gasteiger partial charge is 0.438 e. The van der Waals surface area contributed by atoms with E-state index in [-0.39, 0.29) is 12.1 Å². The van der Waals surface area contributed by atoms with Crippen molar-refractivity contribution in [1.29, 1.82) is 0 Å². The summed E-state index contributed by atoms with van der Waals surface area (Å²) >= 11 is 0. The maximum absolute atomic E-state index is 10.9. The molecule has 82 valence electrons. The van der Waals surface area contributed by atoms with E-state index in [0.29, 0.717) is 0 Å². The summed E-state index contributed by atoms with van der Waals surface area (Å²) in [5.74, 6) is 0. The molecule has 0 heterocycles. The van der Waals surface area contributed by atoms with Crippen molar-refractivity contribution in [3.63, 3.8) is 0 Å². The summed E-state index contributed by atoms with van der Waals surface area (Å²) in [5, 5.41) is 0. The molecular weight excluding hydrogens is 182 g/mol. The molecular formula is C10H19NO3. The largest absolute Gasteiger partial charge is 0.508 e. The summed E-state index contributed by atoms with van der Waals surface area (Å²) < 4.78 is 9.56. The lowest BCUT2D eigenvalue weighted by atomic mass is 9.95. The molecule has 1 fully saturated rings. The second-order valence-electron chi connectivity index (χ2n) is 3.77. The van der Waals surface area contributed by atoms with Gasteiger partial charge in [0.1, 0.15) is 6.10 Å². The quantitative estimate of drug-likeness (QED) is 0.657. The number of hydrogen-bond donors (Lipinski definition) is 1. The Morgan fingerprint density at radius 3 is 2.50 bits per heavy atom. The third kappa shape index (κ3) is 3.54. The molecule has 4 nitrogen and oxygen atoms in total. The third-order valence-electron chi connectivity index (χ3n) is 2.67. The highest BCUT2D eigenvalue weighted by Gasteiger charge is 2.23. The van der Waals surface area contributed by atoms with E-state index in [9.17, 15) is 4.79 Å². The molecule has 2 unspecified atom stereocenters. The van der Waals surface area contributed by atoms with Crippen LogP contribution in [0.1, 0.15) is 38.5 Å². The van der Waals surface area contributed by atoms with Crippen LogP contribution >= 0.6 is 0 Å². The maximum Gasteiger partial charge on any atom is 0.508 e. The van der Waals surface area contributed by atoms with E-state index in [0.717, 1.165) is 25.7 Å². The highest BCUT2D eigenvalue weighted by Crippen LogP contribution is 2.19. The van der Waals surface area contributed by atoms with Crippen LogP contribution in [0.5, 0.6) is 0 Å². The van der Waals surface area contributed by atoms with Crippen molar-refractivity contribution in [2.75, 3.05) is 7.11 Å². The highest BCUT2D eigenvalue weighted by atomic mass is 16.7. The number of ether oxygens (including phenoxy) is 2. The van der Waals surface area contributed by atoms with Crippen molar-refractivity contribution in [2.24, 2.45) is 5.73 Å². The van der Waals surface area contributed by atoms with Crippen molar-refractivity contribution in [3.05, 3.63) is 0 Å². The molecule has 0 amide bonds. The molecule has 0 aromatic carbocycles. The predicted molar refractivity (Wildman–Crippen MR) is 53.0 cm³/mol. The Morgan fingerprint density at radius 1 is 1.21 bits per heavy atom. The monoisotopic (exact) mass is 201 g/mol. The fraction of sp³-hybridized carbons (Fsp3) is 0.900. The minimum absolute atomic E-state index is 0.0330. The molecule has 0 saturated heterocycles. The van der Waals surface area contributed by atoms with Crippen molar-refractivity contribution < 1.29 is 14.3 Å². The normalized spacial score (nSPS) is 28.7. The van der Waals surface area contributed by atoms with Crippen LogP contribution in [0, 0.1) is 0 Å². The van der Waals surface area contributed by atoms with E-state index in [1.165, 1.54) is 20.0 Å². The van der Waals surface area contributed by atoms with Gasteiger partial charge in [-0.3, -0.25) is 0 Å². The minimum Gasteiger partial charge on any atom is -0.438 e. The van der Waals surface area contributed by atoms with Gasteiger partial charge in [-0.25, -0.2) is 4.79 Å². The third-order valence-corrected chi connectivity index (χ3v) is 2.67. The molecule has 4 heteroatoms. The molecule has 0 radical (unpaired) electrons. The second kappa shape index (κ2) is 5.86. The lowest BCUT2D eigenvalue weighted by Crippen LogP contribution is -2.38. The molecule has 1 aliphatic rings. The molecule has 0 aromatic heterocycles. The Kier molecular flexibility index (Phi) is 4.73. The summed E-state index contributed by atoms with van der Waals surface area (Å²) in [6.45, 7) is 0. The van der Waals surface area contributed by atoms with Crippen LogP contribution in [-0.4, -0.2) is 25.4 Å². The summed E-state index contributed by atoms with van der Waals surface area (Å²) in [7, 11) is 1.32. The molecule has 1 rings (SSSR count). The number of rotatable bonds is 1. The van der Waals surface area contributed by atoms with Crippen molar-refractivity contribution in [2.45, 2.75) is 50.7 Å². The fourth-order valence-electron chi connectivity index (χ4n) is 1.80. The topological polar surface area (TPSA) is 61.5 Å². The number of hydrogen-bond acceptors (Lipinski definition) is 4. The van der Waals surface area contributed by atoms with Crippen LogP contribution in [-0.2, 0) is 9.47 Å². The first-order valence-corrected chi connectivity index (χ1v) is 5.24. The average Bonchev–Trinajstić information content (AvgIpc) is 2.17. The van der Waals surface area contributed by atoms with E-state index in [2.05, 4.69) is 4.74 Å². The number of carbonyl (C=O) groups excluding carboxylic acids is 1. The Morgan fingerprint density at radius 2 is 1.86 bits per heavy atom. The predicted octanol–water partition coefficient (Wildman–Crippen LogP) is 1.82. The van der Waals surface area contributed by atoms with Gasteiger partial charge in [-0.2, -0.15) is 0 Å². The SMILES string of the molecule is COC(=O)OC1CCCCCCC1N. The lowest BCUT2D eigenvalue weighted by Gasteiger charge is -2.25. The van der Waals surface area contributed by atoms with Crippen LogP contribution in [0.3, 0.4) is 0 Å². The zero-order valence-corrected chi connectivity index (χ0v) is 8.70. The molecule has 2 N–H and O–H groups in total. The van der Waals surface area contributed by atoms with Gasteiger partial charge in [0, 0.05) is 6.04 Å². The Labute approximate surface area is 84.7 Å². The van der Waals surface area contributed by atoms with Crippen LogP contribution in [0.4, 0.5) is 4.79 Å². The van der Waals surface area contributed by atoms with Crippen molar-refractivity contribution in [3.8, 4) is 0 Å². The minimum atomic E-state index is -0.619. The summed E-state index contributed by atoms with van der Waals surface area (Å²) in [5.41, 5.74) is 5.92. The summed E-state index contributed by atoms with van der Waals surface area (Å²) in [6, 6.07) is -0.0330. The lowest BCUT2D eigenvalue weighted by molar-refractivity contribution is 0.0196. The fourth-order valence-corrected chi connectivity index (χ4v) is 1.80. The van der Waals surface area contributed by atoms with Crippen LogP contribution in [0.25, 0.3) is 0 Å². The first-order valence-electron chi connectivity index (χ1n) is 5.24. The van der Waals surface area contributed by atoms with Gasteiger partial charge in [-0.05, 0) is 19.3 Å². The average molecular weight is 201 g/mol. The highest BCUT2D eigenvalue weighted by molar-refractivity contribution is 5.59. The molecule has 0 aromatic rings. The summed E-state index contributed by atoms with van der Waals surface area (Å²) in [4.78, 5) is 10.9. The van der Waals surface area contributed by atoms with E-state index < -0.39 is 6.16 Å². The van der Waals surface area contributed by atoms with E-state index in [4.69, 9.17) is 10.5 Å². The Bertz CT molecular complexity index is 184. The number of methoxy groups -OCH3 is 1. The molecule has 14 heavy (non-hydrogen) atoms. The first kappa shape index (κ1) is 11.3. The molecule has 2 atom stereocenters. The van der Waals surface area contributed by atoms with Gasteiger partial charge in [0.15, 0.2) is 0 Å². The Hall–Kier alpha value is -0.770. The maximum atomic E-state index is 10.9. The van der Waals surface area contributed by atoms with Gasteiger partial charge in [-0.15, -0.1) is 0 Å². The molecule has 0 bridgehead atoms. The van der Waals surface area contributed by atoms with Crippen molar-refractivity contribution >= 4 is 6.16 Å². The van der Waals surface area contributed by atoms with E-state index in [1.807, 2.05) is 0 Å². The zero-order chi connectivity index (χ0) is 10.4. The zero-order valence-electron chi connectivity index (χ0n) is 8.70. The van der Waals surface area contributed by atoms with Crippen molar-refractivity contribution in [1.82, 2.24) is 0 Å². The molecule has 1 aliphatic carbocycles. The van der Waals surface area contributed by atoms with Gasteiger partial charge < -0.3 is 15.2 Å². The number of carbonyl (C=O) groups is 1. The molecule has 1 saturated carbocycles. The number of nitrogens with two attached hydrogens (primary N) is 1. The van der Waals surface area contributed by atoms with Crippen LogP contribution < -0.4 is 5.73 Å². The van der Waals surface area contributed by atoms with Crippen LogP contribution in [0.15, 0.2) is 0 Å². The van der Waals surface area contributed by atoms with Gasteiger partial charge in [0.25, 0.3) is 0 Å². The van der Waals surface area contributed by atoms with Gasteiger partial charge in [0.05, 0.1) is 7.11 Å². The Balaban J connectivity index is 2.40. The second-order valence-corrected chi connectivity index (χ2v) is 3.77. The summed E-state index contributed by atoms with van der Waals surface area (Å²) in [6.07, 6.45) is 5.65. The standard InChI is InChI=1S/C10H19NO3/c1-13-10(12)14-9-7-5-3-2-4-6-8(9)11/h8-9H,2-7,11H2,1H3. The van der Waals surface area contributed by atoms with Crippen LogP contribution in [0.2, 0.25) is 0 Å². The van der Waals surface area contributed by atoms with E-state index in [1.54, 1.807) is 0 Å². The molecule has 0 spiro atoms. The first-order chi connectivity index (χ1) is 6.74. The molecule has 0 aliphatic heterocycles. The van der Waals surface area contributed by atoms with Gasteiger partial charge >= 0.3 is 6.16 Å². The van der Waals surface area contributed by atoms with Gasteiger partial charge in [0.2, 0.25) is 0 Å².